The van der Waals surface area contributed by atoms with Crippen molar-refractivity contribution in [2.75, 3.05) is 33.0 Å². The van der Waals surface area contributed by atoms with Gasteiger partial charge in [-0.25, -0.2) is 0 Å². The first kappa shape index (κ1) is 23.1. The Hall–Kier alpha value is -1.92. The quantitative estimate of drug-likeness (QED) is 0.349. The molecule has 0 aromatic heterocycles. The molecule has 0 spiro atoms. The summed E-state index contributed by atoms with van der Waals surface area (Å²) in [4.78, 5) is 23.1. The Morgan fingerprint density at radius 2 is 1.63 bits per heavy atom. The molecule has 152 valence electrons. The van der Waals surface area contributed by atoms with E-state index in [4.69, 9.17) is 19.3 Å². The van der Waals surface area contributed by atoms with Crippen LogP contribution in [0.4, 0.5) is 0 Å². The fourth-order valence-electron chi connectivity index (χ4n) is 2.59. The molecule has 0 bridgehead atoms. The second-order valence-electron chi connectivity index (χ2n) is 6.42. The summed E-state index contributed by atoms with van der Waals surface area (Å²) >= 11 is 0. The summed E-state index contributed by atoms with van der Waals surface area (Å²) in [7, 11) is 0. The van der Waals surface area contributed by atoms with Crippen molar-refractivity contribution in [2.45, 2.75) is 45.4 Å². The molecule has 0 saturated heterocycles. The van der Waals surface area contributed by atoms with E-state index in [2.05, 4.69) is 6.92 Å². The molecule has 0 amide bonds. The molecule has 0 aliphatic carbocycles. The fraction of sp³-hybridized carbons (Fsp3) is 0.619. The summed E-state index contributed by atoms with van der Waals surface area (Å²) in [5, 5.41) is 8.80. The number of carboxylic acid groups (broad SMARTS) is 1. The first-order valence-corrected chi connectivity index (χ1v) is 9.71. The van der Waals surface area contributed by atoms with Crippen molar-refractivity contribution in [3.05, 3.63) is 35.9 Å². The number of hydrogen-bond acceptors (Lipinski definition) is 5. The molecule has 1 atom stereocenters. The molecule has 1 rings (SSSR count). The predicted molar refractivity (Wildman–Crippen MR) is 103 cm³/mol. The smallest absolute Gasteiger partial charge is 0.309 e. The molecule has 1 aromatic carbocycles. The Labute approximate surface area is 161 Å². The Morgan fingerprint density at radius 3 is 2.30 bits per heavy atom. The van der Waals surface area contributed by atoms with E-state index in [0.29, 0.717) is 39.1 Å². The van der Waals surface area contributed by atoms with E-state index < -0.39 is 5.97 Å². The minimum Gasteiger partial charge on any atom is -0.481 e. The average Bonchev–Trinajstić information content (AvgIpc) is 2.66. The molecule has 0 radical (unpaired) electrons. The predicted octanol–water partition coefficient (Wildman–Crippen LogP) is 3.48. The van der Waals surface area contributed by atoms with Crippen LogP contribution in [0.25, 0.3) is 0 Å². The summed E-state index contributed by atoms with van der Waals surface area (Å²) < 4.78 is 16.1. The maximum Gasteiger partial charge on any atom is 0.309 e. The van der Waals surface area contributed by atoms with Crippen LogP contribution in [-0.2, 0) is 30.2 Å². The van der Waals surface area contributed by atoms with Crippen molar-refractivity contribution < 1.29 is 28.9 Å². The number of esters is 1. The highest BCUT2D eigenvalue weighted by Gasteiger charge is 2.20. The maximum absolute atomic E-state index is 12.4. The summed E-state index contributed by atoms with van der Waals surface area (Å²) in [5.74, 6) is -1.49. The second-order valence-corrected chi connectivity index (χ2v) is 6.42. The number of rotatable bonds is 16. The van der Waals surface area contributed by atoms with E-state index in [9.17, 15) is 9.59 Å². The van der Waals surface area contributed by atoms with Gasteiger partial charge in [-0.05, 0) is 31.2 Å². The van der Waals surface area contributed by atoms with E-state index in [-0.39, 0.29) is 24.9 Å². The molecule has 6 heteroatoms. The zero-order chi connectivity index (χ0) is 19.7. The number of aliphatic carboxylic acids is 1. The lowest BCUT2D eigenvalue weighted by molar-refractivity contribution is -0.151. The minimum atomic E-state index is -0.851. The Balaban J connectivity index is 2.29. The molecule has 0 aliphatic rings. The zero-order valence-electron chi connectivity index (χ0n) is 16.2. The standard InChI is InChI=1S/C21H32O6/c1-2-3-12-25-13-14-26-15-16-27-21(24)19(10-7-11-20(22)23)17-18-8-5-4-6-9-18/h4-6,8-9,19H,2-3,7,10-17H2,1H3,(H,22,23). The van der Waals surface area contributed by atoms with Crippen molar-refractivity contribution in [1.82, 2.24) is 0 Å². The molecule has 0 fully saturated rings. The zero-order valence-corrected chi connectivity index (χ0v) is 16.2. The number of ether oxygens (including phenoxy) is 3. The van der Waals surface area contributed by atoms with Gasteiger partial charge in [0.1, 0.15) is 6.61 Å². The third-order valence-electron chi connectivity index (χ3n) is 4.09. The Morgan fingerprint density at radius 1 is 0.963 bits per heavy atom. The number of carboxylic acids is 1. The molecule has 27 heavy (non-hydrogen) atoms. The molecular weight excluding hydrogens is 348 g/mol. The molecular formula is C21H32O6. The van der Waals surface area contributed by atoms with E-state index >= 15 is 0 Å². The van der Waals surface area contributed by atoms with Crippen LogP contribution in [0.2, 0.25) is 0 Å². The highest BCUT2D eigenvalue weighted by Crippen LogP contribution is 2.17. The van der Waals surface area contributed by atoms with Crippen LogP contribution >= 0.6 is 0 Å². The summed E-state index contributed by atoms with van der Waals surface area (Å²) in [6, 6.07) is 9.68. The van der Waals surface area contributed by atoms with Gasteiger partial charge in [-0.1, -0.05) is 43.7 Å². The van der Waals surface area contributed by atoms with Crippen LogP contribution < -0.4 is 0 Å². The van der Waals surface area contributed by atoms with Gasteiger partial charge in [0.15, 0.2) is 0 Å². The molecule has 0 aliphatic heterocycles. The second kappa shape index (κ2) is 15.2. The van der Waals surface area contributed by atoms with Gasteiger partial charge in [0.2, 0.25) is 0 Å². The highest BCUT2D eigenvalue weighted by molar-refractivity contribution is 5.73. The van der Waals surface area contributed by atoms with Gasteiger partial charge in [0.05, 0.1) is 25.7 Å². The van der Waals surface area contributed by atoms with Crippen LogP contribution in [0.3, 0.4) is 0 Å². The van der Waals surface area contributed by atoms with Crippen molar-refractivity contribution in [2.24, 2.45) is 5.92 Å². The lowest BCUT2D eigenvalue weighted by Gasteiger charge is -2.16. The van der Waals surface area contributed by atoms with Crippen molar-refractivity contribution in [1.29, 1.82) is 0 Å². The number of hydrogen-bond donors (Lipinski definition) is 1. The summed E-state index contributed by atoms with van der Waals surface area (Å²) in [6.07, 6.45) is 3.69. The Kier molecular flexibility index (Phi) is 13.0. The van der Waals surface area contributed by atoms with Gasteiger partial charge in [-0.2, -0.15) is 0 Å². The molecule has 1 N–H and O–H groups in total. The van der Waals surface area contributed by atoms with Crippen LogP contribution in [0.5, 0.6) is 0 Å². The third kappa shape index (κ3) is 12.2. The van der Waals surface area contributed by atoms with Gasteiger partial charge >= 0.3 is 11.9 Å². The van der Waals surface area contributed by atoms with Crippen LogP contribution in [0.15, 0.2) is 30.3 Å². The van der Waals surface area contributed by atoms with E-state index in [0.717, 1.165) is 25.0 Å². The van der Waals surface area contributed by atoms with Gasteiger partial charge < -0.3 is 19.3 Å². The third-order valence-corrected chi connectivity index (χ3v) is 4.09. The van der Waals surface area contributed by atoms with E-state index in [1.165, 1.54) is 0 Å². The van der Waals surface area contributed by atoms with Crippen molar-refractivity contribution in [3.8, 4) is 0 Å². The fourth-order valence-corrected chi connectivity index (χ4v) is 2.59. The normalized spacial score (nSPS) is 11.9. The SMILES string of the molecule is CCCCOCCOCCOC(=O)C(CCCC(=O)O)Cc1ccccc1. The van der Waals surface area contributed by atoms with Crippen LogP contribution in [0.1, 0.15) is 44.6 Å². The van der Waals surface area contributed by atoms with Gasteiger partial charge in [0.25, 0.3) is 0 Å². The minimum absolute atomic E-state index is 0.0553. The molecule has 0 saturated carbocycles. The van der Waals surface area contributed by atoms with Gasteiger partial charge in [0, 0.05) is 13.0 Å². The molecule has 1 aromatic rings. The van der Waals surface area contributed by atoms with Crippen molar-refractivity contribution >= 4 is 11.9 Å². The summed E-state index contributed by atoms with van der Waals surface area (Å²) in [5.41, 5.74) is 1.04. The number of unbranched alkanes of at least 4 members (excludes halogenated alkanes) is 1. The average molecular weight is 380 g/mol. The monoisotopic (exact) mass is 380 g/mol. The first-order chi connectivity index (χ1) is 13.1. The molecule has 1 unspecified atom stereocenters. The maximum atomic E-state index is 12.4. The molecule has 0 heterocycles. The lowest BCUT2D eigenvalue weighted by atomic mass is 9.94. The number of benzene rings is 1. The molecule has 6 nitrogen and oxygen atoms in total. The van der Waals surface area contributed by atoms with E-state index in [1.807, 2.05) is 30.3 Å². The van der Waals surface area contributed by atoms with Gasteiger partial charge in [-0.15, -0.1) is 0 Å². The largest absolute Gasteiger partial charge is 0.481 e. The highest BCUT2D eigenvalue weighted by atomic mass is 16.6. The first-order valence-electron chi connectivity index (χ1n) is 9.71. The number of carbonyl (C=O) groups excluding carboxylic acids is 1. The van der Waals surface area contributed by atoms with E-state index in [1.54, 1.807) is 0 Å². The van der Waals surface area contributed by atoms with Crippen LogP contribution in [0, 0.1) is 5.92 Å². The van der Waals surface area contributed by atoms with Crippen LogP contribution in [-0.4, -0.2) is 50.1 Å². The lowest BCUT2D eigenvalue weighted by Crippen LogP contribution is -2.22. The Bertz CT molecular complexity index is 517. The van der Waals surface area contributed by atoms with Gasteiger partial charge in [-0.3, -0.25) is 9.59 Å². The van der Waals surface area contributed by atoms with Crippen molar-refractivity contribution in [3.63, 3.8) is 0 Å². The number of carbonyl (C=O) groups is 2. The summed E-state index contributed by atoms with van der Waals surface area (Å²) in [6.45, 7) is 4.40. The topological polar surface area (TPSA) is 82.1 Å².